The smallest absolute Gasteiger partial charge is 0.284 e. The van der Waals surface area contributed by atoms with E-state index in [1.165, 1.54) is 0 Å². The highest BCUT2D eigenvalue weighted by Gasteiger charge is 2.23. The summed E-state index contributed by atoms with van der Waals surface area (Å²) < 4.78 is 19.2. The van der Waals surface area contributed by atoms with E-state index in [4.69, 9.17) is 39.4 Å². The molecule has 0 saturated carbocycles. The third kappa shape index (κ3) is 6.94. The first kappa shape index (κ1) is 8.94. The van der Waals surface area contributed by atoms with E-state index in [0.29, 0.717) is 0 Å². The van der Waals surface area contributed by atoms with E-state index in [9.17, 15) is 4.21 Å². The van der Waals surface area contributed by atoms with Gasteiger partial charge in [-0.1, -0.05) is 34.8 Å². The van der Waals surface area contributed by atoms with Crippen molar-refractivity contribution in [2.75, 3.05) is 0 Å². The molecule has 0 aliphatic carbocycles. The molecule has 0 aromatic carbocycles. The van der Waals surface area contributed by atoms with E-state index in [1.807, 2.05) is 0 Å². The minimum Gasteiger partial charge on any atom is -0.284 e. The fourth-order valence-electron chi connectivity index (χ4n) is 0.0808. The van der Waals surface area contributed by atoms with Gasteiger partial charge in [0.05, 0.1) is 0 Å². The molecule has 1 atom stereocenters. The number of hydrogen-bond donors (Lipinski definition) is 1. The quantitative estimate of drug-likeness (QED) is 0.514. The third-order valence-electron chi connectivity index (χ3n) is 0.166. The molecule has 0 saturated heterocycles. The van der Waals surface area contributed by atoms with Crippen LogP contribution in [0.3, 0.4) is 0 Å². The van der Waals surface area contributed by atoms with Gasteiger partial charge < -0.3 is 0 Å². The summed E-state index contributed by atoms with van der Waals surface area (Å²) in [5.41, 5.74) is 0. The van der Waals surface area contributed by atoms with Crippen LogP contribution < -0.4 is 0 Å². The van der Waals surface area contributed by atoms with Gasteiger partial charge in [-0.05, 0) is 0 Å². The Morgan fingerprint density at radius 3 is 1.88 bits per heavy atom. The van der Waals surface area contributed by atoms with Crippen LogP contribution in [0.5, 0.6) is 0 Å². The van der Waals surface area contributed by atoms with Crippen LogP contribution in [-0.2, 0) is 15.5 Å². The summed E-state index contributed by atoms with van der Waals surface area (Å²) in [4.78, 5) is 0. The molecule has 0 aromatic rings. The van der Waals surface area contributed by atoms with Crippen molar-refractivity contribution in [1.29, 1.82) is 0 Å². The Balaban J connectivity index is 3.55. The molecule has 0 bridgehead atoms. The number of rotatable bonds is 1. The molecular formula is CHCl3O3S. The van der Waals surface area contributed by atoms with Gasteiger partial charge >= 0.3 is 15.3 Å². The molecule has 50 valence electrons. The Hall–Kier alpha value is 0.940. The van der Waals surface area contributed by atoms with Gasteiger partial charge in [0, 0.05) is 0 Å². The summed E-state index contributed by atoms with van der Waals surface area (Å²) in [5.74, 6) is 0. The molecule has 0 aliphatic rings. The van der Waals surface area contributed by atoms with Crippen LogP contribution in [0.4, 0.5) is 0 Å². The Morgan fingerprint density at radius 1 is 1.50 bits per heavy atom. The Morgan fingerprint density at radius 2 is 1.88 bits per heavy atom. The van der Waals surface area contributed by atoms with Gasteiger partial charge in [0.25, 0.3) is 0 Å². The zero-order chi connectivity index (χ0) is 6.78. The molecule has 0 spiro atoms. The number of alkyl halides is 3. The molecule has 0 rings (SSSR count). The molecule has 0 amide bonds. The lowest BCUT2D eigenvalue weighted by molar-refractivity contribution is 0.309. The van der Waals surface area contributed by atoms with Crippen LogP contribution in [0, 0.1) is 0 Å². The van der Waals surface area contributed by atoms with Crippen molar-refractivity contribution in [3.8, 4) is 0 Å². The van der Waals surface area contributed by atoms with E-state index < -0.39 is 15.3 Å². The second kappa shape index (κ2) is 3.20. The van der Waals surface area contributed by atoms with Crippen molar-refractivity contribution in [1.82, 2.24) is 0 Å². The van der Waals surface area contributed by atoms with Gasteiger partial charge in [0.15, 0.2) is 0 Å². The maximum atomic E-state index is 9.65. The van der Waals surface area contributed by atoms with Crippen LogP contribution in [0.2, 0.25) is 0 Å². The highest BCUT2D eigenvalue weighted by molar-refractivity contribution is 7.74. The fraction of sp³-hybridized carbons (Fsp3) is 1.00. The largest absolute Gasteiger partial charge is 0.312 e. The van der Waals surface area contributed by atoms with Crippen LogP contribution in [0.15, 0.2) is 0 Å². The average Bonchev–Trinajstić information content (AvgIpc) is 1.21. The van der Waals surface area contributed by atoms with Gasteiger partial charge in [0.2, 0.25) is 0 Å². The predicted molar refractivity (Wildman–Crippen MR) is 32.1 cm³/mol. The molecular weight excluding hydrogens is 198 g/mol. The molecule has 1 unspecified atom stereocenters. The van der Waals surface area contributed by atoms with Crippen molar-refractivity contribution >= 4 is 46.2 Å². The summed E-state index contributed by atoms with van der Waals surface area (Å²) >= 11 is 12.1. The van der Waals surface area contributed by atoms with E-state index in [2.05, 4.69) is 4.18 Å². The van der Waals surface area contributed by atoms with Gasteiger partial charge in [0.1, 0.15) is 0 Å². The molecule has 1 N–H and O–H groups in total. The van der Waals surface area contributed by atoms with Crippen molar-refractivity contribution in [3.05, 3.63) is 0 Å². The maximum absolute atomic E-state index is 9.65. The first-order chi connectivity index (χ1) is 3.42. The minimum atomic E-state index is -2.53. The minimum absolute atomic E-state index is 2.11. The standard InChI is InChI=1S/CHCl3O3S/c2-1(3,4)7-8(5)6/h(H,5,6). The molecule has 3 nitrogen and oxygen atoms in total. The third-order valence-corrected chi connectivity index (χ3v) is 1.06. The van der Waals surface area contributed by atoms with E-state index in [0.717, 1.165) is 0 Å². The Labute approximate surface area is 63.3 Å². The second-order valence-corrected chi connectivity index (χ2v) is 3.52. The molecule has 0 radical (unpaired) electrons. The van der Waals surface area contributed by atoms with Crippen molar-refractivity contribution in [2.24, 2.45) is 0 Å². The summed E-state index contributed by atoms with van der Waals surface area (Å²) in [6, 6.07) is 0. The first-order valence-corrected chi connectivity index (χ1v) is 3.45. The molecule has 0 aliphatic heterocycles. The molecule has 0 fully saturated rings. The van der Waals surface area contributed by atoms with Crippen LogP contribution in [0.1, 0.15) is 0 Å². The normalized spacial score (nSPS) is 16.0. The van der Waals surface area contributed by atoms with Gasteiger partial charge in [-0.2, -0.15) is 4.21 Å². The monoisotopic (exact) mass is 198 g/mol. The lowest BCUT2D eigenvalue weighted by atomic mass is 11.7. The summed E-state index contributed by atoms with van der Waals surface area (Å²) in [7, 11) is 0. The highest BCUT2D eigenvalue weighted by atomic mass is 35.6. The predicted octanol–water partition coefficient (Wildman–Crippen LogP) is 1.47. The first-order valence-electron chi connectivity index (χ1n) is 1.29. The maximum Gasteiger partial charge on any atom is 0.312 e. The second-order valence-electron chi connectivity index (χ2n) is 0.746. The lowest BCUT2D eigenvalue weighted by Crippen LogP contribution is -2.09. The van der Waals surface area contributed by atoms with Crippen LogP contribution in [0.25, 0.3) is 0 Å². The summed E-state index contributed by atoms with van der Waals surface area (Å²) in [6.45, 7) is 0. The Kier molecular flexibility index (Phi) is 3.57. The average molecular weight is 199 g/mol. The zero-order valence-corrected chi connectivity index (χ0v) is 6.39. The molecule has 0 aromatic heterocycles. The summed E-state index contributed by atoms with van der Waals surface area (Å²) in [5, 5.41) is 0. The lowest BCUT2D eigenvalue weighted by Gasteiger charge is -2.04. The molecule has 0 heterocycles. The fourth-order valence-corrected chi connectivity index (χ4v) is 0.728. The SMILES string of the molecule is O=S(O)OC(Cl)(Cl)Cl. The molecule has 8 heavy (non-hydrogen) atoms. The van der Waals surface area contributed by atoms with Gasteiger partial charge in [-0.25, -0.2) is 4.18 Å². The van der Waals surface area contributed by atoms with Crippen molar-refractivity contribution in [2.45, 2.75) is 3.98 Å². The molecule has 7 heteroatoms. The van der Waals surface area contributed by atoms with Gasteiger partial charge in [-0.15, -0.1) is 0 Å². The highest BCUT2D eigenvalue weighted by Crippen LogP contribution is 2.27. The van der Waals surface area contributed by atoms with Crippen molar-refractivity contribution < 1.29 is 12.9 Å². The van der Waals surface area contributed by atoms with Gasteiger partial charge in [-0.3, -0.25) is 4.55 Å². The topological polar surface area (TPSA) is 46.5 Å². The van der Waals surface area contributed by atoms with Crippen LogP contribution in [-0.4, -0.2) is 12.7 Å². The summed E-state index contributed by atoms with van der Waals surface area (Å²) in [6.07, 6.45) is 0. The number of halogens is 3. The Bertz CT molecular complexity index is 97.2. The van der Waals surface area contributed by atoms with Crippen LogP contribution >= 0.6 is 34.8 Å². The number of hydrogen-bond acceptors (Lipinski definition) is 2. The van der Waals surface area contributed by atoms with E-state index >= 15 is 0 Å². The van der Waals surface area contributed by atoms with E-state index in [1.54, 1.807) is 0 Å². The zero-order valence-electron chi connectivity index (χ0n) is 3.31. The van der Waals surface area contributed by atoms with E-state index in [-0.39, 0.29) is 0 Å². The van der Waals surface area contributed by atoms with Crippen molar-refractivity contribution in [3.63, 3.8) is 0 Å².